The van der Waals surface area contributed by atoms with Crippen LogP contribution in [0, 0.1) is 0 Å². The second kappa shape index (κ2) is 10.8. The summed E-state index contributed by atoms with van der Waals surface area (Å²) in [7, 11) is -5.27. The Labute approximate surface area is 196 Å². The third-order valence-electron chi connectivity index (χ3n) is 4.82. The highest BCUT2D eigenvalue weighted by Gasteiger charge is 2.50. The molecule has 2 aromatic heterocycles. The van der Waals surface area contributed by atoms with Crippen molar-refractivity contribution in [3.63, 3.8) is 0 Å². The lowest BCUT2D eigenvalue weighted by Gasteiger charge is -2.32. The van der Waals surface area contributed by atoms with Gasteiger partial charge >= 0.3 is 15.5 Å². The molecule has 13 heteroatoms. The van der Waals surface area contributed by atoms with Gasteiger partial charge in [0.05, 0.1) is 5.69 Å². The smallest absolute Gasteiger partial charge is 0.357 e. The largest absolute Gasteiger partial charge is 0.511 e. The van der Waals surface area contributed by atoms with Crippen LogP contribution in [0.3, 0.4) is 0 Å². The van der Waals surface area contributed by atoms with Gasteiger partial charge in [-0.3, -0.25) is 4.99 Å². The van der Waals surface area contributed by atoms with Gasteiger partial charge in [-0.05, 0) is 31.9 Å². The maximum atomic E-state index is 12.7. The molecule has 3 rings (SSSR count). The molecule has 1 saturated heterocycles. The fraction of sp³-hybridized carbons (Fsp3) is 0.556. The Morgan fingerprint density at radius 1 is 1.29 bits per heavy atom. The summed E-state index contributed by atoms with van der Waals surface area (Å²) in [6, 6.07) is 5.61. The standard InChI is InChI=1S/C18H25F3N6O2S.HI/c1-2-22-17(23-9-6-15-13-26-10-4-3-5-16(26)24-15)25-14-7-11-27(12-8-14)30(28,29)18(19,20)21;/h3-5,10,13-14H,2,6-9,11-12H2,1H3,(H2,22,23,25);1H. The number of rotatable bonds is 6. The third kappa shape index (κ3) is 6.44. The van der Waals surface area contributed by atoms with Crippen LogP contribution in [0.2, 0.25) is 0 Å². The Balaban J connectivity index is 0.00000341. The highest BCUT2D eigenvalue weighted by Crippen LogP contribution is 2.28. The lowest BCUT2D eigenvalue weighted by Crippen LogP contribution is -2.51. The van der Waals surface area contributed by atoms with E-state index in [1.54, 1.807) is 0 Å². The van der Waals surface area contributed by atoms with Crippen molar-refractivity contribution in [2.24, 2.45) is 4.99 Å². The topological polar surface area (TPSA) is 91.1 Å². The van der Waals surface area contributed by atoms with Crippen molar-refractivity contribution < 1.29 is 21.6 Å². The van der Waals surface area contributed by atoms with Crippen molar-refractivity contribution in [1.29, 1.82) is 0 Å². The van der Waals surface area contributed by atoms with Crippen molar-refractivity contribution in [1.82, 2.24) is 24.3 Å². The minimum Gasteiger partial charge on any atom is -0.357 e. The fourth-order valence-corrected chi connectivity index (χ4v) is 4.27. The lowest BCUT2D eigenvalue weighted by molar-refractivity contribution is -0.0494. The molecular weight excluding hydrogens is 548 g/mol. The van der Waals surface area contributed by atoms with Crippen molar-refractivity contribution in [2.75, 3.05) is 26.2 Å². The molecule has 31 heavy (non-hydrogen) atoms. The summed E-state index contributed by atoms with van der Waals surface area (Å²) in [5.74, 6) is 0.554. The van der Waals surface area contributed by atoms with E-state index in [-0.39, 0.29) is 55.9 Å². The van der Waals surface area contributed by atoms with Gasteiger partial charge in [0.1, 0.15) is 5.65 Å². The fourth-order valence-electron chi connectivity index (χ4n) is 3.29. The van der Waals surface area contributed by atoms with Crippen LogP contribution in [-0.2, 0) is 16.4 Å². The average Bonchev–Trinajstić information content (AvgIpc) is 3.10. The number of sulfonamides is 1. The van der Waals surface area contributed by atoms with Crippen LogP contribution in [0.1, 0.15) is 25.5 Å². The molecule has 2 aromatic rings. The van der Waals surface area contributed by atoms with Gasteiger partial charge in [-0.15, -0.1) is 24.0 Å². The Morgan fingerprint density at radius 2 is 2.00 bits per heavy atom. The first-order valence-corrected chi connectivity index (χ1v) is 11.2. The average molecular weight is 574 g/mol. The predicted molar refractivity (Wildman–Crippen MR) is 123 cm³/mol. The summed E-state index contributed by atoms with van der Waals surface area (Å²) < 4.78 is 63.5. The van der Waals surface area contributed by atoms with Crippen molar-refractivity contribution in [3.8, 4) is 0 Å². The molecule has 1 fully saturated rings. The van der Waals surface area contributed by atoms with E-state index in [9.17, 15) is 21.6 Å². The van der Waals surface area contributed by atoms with Gasteiger partial charge in [0, 0.05) is 51.0 Å². The summed E-state index contributed by atoms with van der Waals surface area (Å²) in [5.41, 5.74) is -3.49. The molecule has 1 aliphatic rings. The summed E-state index contributed by atoms with van der Waals surface area (Å²) in [4.78, 5) is 9.03. The van der Waals surface area contributed by atoms with Crippen LogP contribution < -0.4 is 10.6 Å². The van der Waals surface area contributed by atoms with Crippen LogP contribution in [0.4, 0.5) is 13.2 Å². The molecule has 0 spiro atoms. The van der Waals surface area contributed by atoms with E-state index in [4.69, 9.17) is 0 Å². The summed E-state index contributed by atoms with van der Waals surface area (Å²) in [6.45, 7) is 2.67. The summed E-state index contributed by atoms with van der Waals surface area (Å²) in [5, 5.41) is 6.30. The molecule has 0 atom stereocenters. The highest BCUT2D eigenvalue weighted by atomic mass is 127. The maximum Gasteiger partial charge on any atom is 0.511 e. The van der Waals surface area contributed by atoms with Crippen LogP contribution in [-0.4, -0.2) is 65.8 Å². The van der Waals surface area contributed by atoms with Crippen molar-refractivity contribution in [3.05, 3.63) is 36.3 Å². The third-order valence-corrected chi connectivity index (χ3v) is 6.45. The van der Waals surface area contributed by atoms with Crippen LogP contribution in [0.25, 0.3) is 5.65 Å². The predicted octanol–water partition coefficient (Wildman–Crippen LogP) is 2.36. The molecule has 8 nitrogen and oxygen atoms in total. The molecule has 0 saturated carbocycles. The Kier molecular flexibility index (Phi) is 8.94. The molecule has 1 aliphatic heterocycles. The zero-order valence-electron chi connectivity index (χ0n) is 17.0. The Morgan fingerprint density at radius 3 is 2.61 bits per heavy atom. The Hall–Kier alpha value is -1.61. The molecular formula is C18H26F3IN6O2S. The van der Waals surface area contributed by atoms with Gasteiger partial charge in [0.25, 0.3) is 0 Å². The molecule has 0 aromatic carbocycles. The number of nitrogens with zero attached hydrogens (tertiary/aromatic N) is 4. The van der Waals surface area contributed by atoms with E-state index in [2.05, 4.69) is 20.6 Å². The molecule has 2 N–H and O–H groups in total. The Bertz CT molecular complexity index is 955. The highest BCUT2D eigenvalue weighted by molar-refractivity contribution is 14.0. The van der Waals surface area contributed by atoms with Crippen LogP contribution >= 0.6 is 24.0 Å². The van der Waals surface area contributed by atoms with Gasteiger partial charge in [-0.25, -0.2) is 13.4 Å². The molecule has 0 aliphatic carbocycles. The van der Waals surface area contributed by atoms with Gasteiger partial charge in [-0.2, -0.15) is 17.5 Å². The number of imidazole rings is 1. The first-order valence-electron chi connectivity index (χ1n) is 9.74. The van der Waals surface area contributed by atoms with Gasteiger partial charge in [-0.1, -0.05) is 6.07 Å². The number of nitrogens with one attached hydrogen (secondary N) is 2. The lowest BCUT2D eigenvalue weighted by atomic mass is 10.1. The molecule has 174 valence electrons. The number of halogens is 4. The van der Waals surface area contributed by atoms with E-state index < -0.39 is 15.5 Å². The van der Waals surface area contributed by atoms with E-state index >= 15 is 0 Å². The summed E-state index contributed by atoms with van der Waals surface area (Å²) >= 11 is 0. The number of guanidine groups is 1. The van der Waals surface area contributed by atoms with E-state index in [0.717, 1.165) is 11.3 Å². The molecule has 0 amide bonds. The second-order valence-electron chi connectivity index (χ2n) is 6.98. The summed E-state index contributed by atoms with van der Waals surface area (Å²) in [6.07, 6.45) is 5.05. The zero-order valence-corrected chi connectivity index (χ0v) is 20.1. The van der Waals surface area contributed by atoms with Crippen LogP contribution in [0.15, 0.2) is 35.6 Å². The van der Waals surface area contributed by atoms with E-state index in [1.165, 1.54) is 0 Å². The normalized spacial score (nSPS) is 16.8. The molecule has 0 radical (unpaired) electrons. The van der Waals surface area contributed by atoms with E-state index in [1.807, 2.05) is 41.9 Å². The maximum absolute atomic E-state index is 12.7. The second-order valence-corrected chi connectivity index (χ2v) is 8.91. The molecule has 0 bridgehead atoms. The number of piperidine rings is 1. The quantitative estimate of drug-likeness (QED) is 0.314. The minimum absolute atomic E-state index is 0. The monoisotopic (exact) mass is 574 g/mol. The SMILES string of the molecule is CCNC(=NCCc1cn2ccccc2n1)NC1CCN(S(=O)(=O)C(F)(F)F)CC1.I. The van der Waals surface area contributed by atoms with E-state index in [0.29, 0.717) is 29.8 Å². The number of pyridine rings is 1. The van der Waals surface area contributed by atoms with Crippen molar-refractivity contribution >= 4 is 45.6 Å². The number of fused-ring (bicyclic) bond motifs is 1. The number of hydrogen-bond acceptors (Lipinski definition) is 4. The molecule has 3 heterocycles. The van der Waals surface area contributed by atoms with Crippen LogP contribution in [0.5, 0.6) is 0 Å². The number of alkyl halides is 3. The first-order chi connectivity index (χ1) is 14.2. The van der Waals surface area contributed by atoms with Gasteiger partial charge < -0.3 is 15.0 Å². The first kappa shape index (κ1) is 25.6. The number of hydrogen-bond donors (Lipinski definition) is 2. The van der Waals surface area contributed by atoms with Gasteiger partial charge in [0.15, 0.2) is 5.96 Å². The minimum atomic E-state index is -5.27. The molecule has 0 unspecified atom stereocenters. The number of aliphatic imine (C=N–C) groups is 1. The number of aromatic nitrogens is 2. The van der Waals surface area contributed by atoms with Gasteiger partial charge in [0.2, 0.25) is 0 Å². The van der Waals surface area contributed by atoms with Crippen molar-refractivity contribution in [2.45, 2.75) is 37.7 Å². The zero-order chi connectivity index (χ0) is 21.8.